The molecule has 0 bridgehead atoms. The van der Waals surface area contributed by atoms with Crippen LogP contribution in [0.1, 0.15) is 33.6 Å². The Balaban J connectivity index is 2.28. The van der Waals surface area contributed by atoms with E-state index in [0.29, 0.717) is 6.17 Å². The number of nitrogens with zero attached hydrogens (tertiary/aromatic N) is 1. The summed E-state index contributed by atoms with van der Waals surface area (Å²) in [7, 11) is 0. The number of nitrogens with one attached hydrogen (secondary N) is 1. The van der Waals surface area contributed by atoms with Crippen LogP contribution in [-0.4, -0.2) is 30.7 Å². The number of hydrogen-bond acceptors (Lipinski definition) is 2. The maximum atomic E-state index is 3.52. The lowest BCUT2D eigenvalue weighted by Crippen LogP contribution is -2.53. The number of hydrogen-bond donors (Lipinski definition) is 1. The van der Waals surface area contributed by atoms with Gasteiger partial charge in [0.2, 0.25) is 0 Å². The molecule has 0 aromatic heterocycles. The van der Waals surface area contributed by atoms with Crippen LogP contribution >= 0.6 is 0 Å². The highest BCUT2D eigenvalue weighted by Crippen LogP contribution is 2.09. The summed E-state index contributed by atoms with van der Waals surface area (Å²) in [5, 5.41) is 3.52. The summed E-state index contributed by atoms with van der Waals surface area (Å²) in [6.07, 6.45) is 3.23. The zero-order chi connectivity index (χ0) is 8.97. The van der Waals surface area contributed by atoms with Crippen molar-refractivity contribution in [1.82, 2.24) is 10.2 Å². The molecule has 0 saturated carbocycles. The molecule has 1 N–H and O–H groups in total. The molecule has 0 aromatic rings. The second kappa shape index (κ2) is 4.83. The van der Waals surface area contributed by atoms with Gasteiger partial charge in [0, 0.05) is 13.1 Å². The Kier molecular flexibility index (Phi) is 4.02. The van der Waals surface area contributed by atoms with Crippen LogP contribution in [0, 0.1) is 5.92 Å². The molecule has 2 nitrogen and oxygen atoms in total. The molecule has 0 aliphatic carbocycles. The fourth-order valence-electron chi connectivity index (χ4n) is 1.77. The van der Waals surface area contributed by atoms with Crippen molar-refractivity contribution in [3.63, 3.8) is 0 Å². The predicted octanol–water partition coefficient (Wildman–Crippen LogP) is 1.67. The molecule has 72 valence electrons. The van der Waals surface area contributed by atoms with E-state index in [9.17, 15) is 0 Å². The van der Waals surface area contributed by atoms with Crippen molar-refractivity contribution in [2.75, 3.05) is 19.6 Å². The van der Waals surface area contributed by atoms with Gasteiger partial charge in [-0.2, -0.15) is 0 Å². The zero-order valence-electron chi connectivity index (χ0n) is 8.64. The highest BCUT2D eigenvalue weighted by atomic mass is 15.3. The summed E-state index contributed by atoms with van der Waals surface area (Å²) in [6, 6.07) is 0. The molecule has 0 amide bonds. The highest BCUT2D eigenvalue weighted by molar-refractivity contribution is 4.75. The minimum Gasteiger partial charge on any atom is -0.302 e. The summed E-state index contributed by atoms with van der Waals surface area (Å²) >= 11 is 0. The van der Waals surface area contributed by atoms with Crippen LogP contribution in [0.4, 0.5) is 0 Å². The molecule has 1 saturated heterocycles. The molecule has 1 aliphatic rings. The monoisotopic (exact) mass is 170 g/mol. The van der Waals surface area contributed by atoms with Crippen LogP contribution in [0.2, 0.25) is 0 Å². The van der Waals surface area contributed by atoms with E-state index in [-0.39, 0.29) is 0 Å². The van der Waals surface area contributed by atoms with Gasteiger partial charge in [-0.05, 0) is 25.8 Å². The lowest BCUT2D eigenvalue weighted by Gasteiger charge is -2.37. The van der Waals surface area contributed by atoms with Gasteiger partial charge in [-0.15, -0.1) is 0 Å². The van der Waals surface area contributed by atoms with E-state index in [1.807, 2.05) is 0 Å². The van der Waals surface area contributed by atoms with Gasteiger partial charge in [0.1, 0.15) is 0 Å². The number of rotatable bonds is 3. The quantitative estimate of drug-likeness (QED) is 0.693. The molecular weight excluding hydrogens is 148 g/mol. The van der Waals surface area contributed by atoms with Crippen molar-refractivity contribution in [3.8, 4) is 0 Å². The van der Waals surface area contributed by atoms with E-state index >= 15 is 0 Å². The van der Waals surface area contributed by atoms with Gasteiger partial charge >= 0.3 is 0 Å². The zero-order valence-corrected chi connectivity index (χ0v) is 8.64. The molecule has 2 heteroatoms. The maximum absolute atomic E-state index is 3.52. The van der Waals surface area contributed by atoms with Gasteiger partial charge < -0.3 is 5.32 Å². The van der Waals surface area contributed by atoms with Crippen LogP contribution < -0.4 is 5.32 Å². The molecule has 12 heavy (non-hydrogen) atoms. The normalized spacial score (nSPS) is 32.2. The minimum atomic E-state index is 0.591. The van der Waals surface area contributed by atoms with Crippen LogP contribution in [0.5, 0.6) is 0 Å². The third-order valence-corrected chi connectivity index (χ3v) is 2.65. The van der Waals surface area contributed by atoms with Crippen molar-refractivity contribution in [3.05, 3.63) is 0 Å². The topological polar surface area (TPSA) is 15.3 Å². The summed E-state index contributed by atoms with van der Waals surface area (Å²) in [5.74, 6) is 0.818. The van der Waals surface area contributed by atoms with E-state index < -0.39 is 0 Å². The smallest absolute Gasteiger partial charge is 0.0568 e. The van der Waals surface area contributed by atoms with Crippen molar-refractivity contribution < 1.29 is 0 Å². The van der Waals surface area contributed by atoms with Crippen LogP contribution in [0.25, 0.3) is 0 Å². The Morgan fingerprint density at radius 3 is 2.83 bits per heavy atom. The van der Waals surface area contributed by atoms with Gasteiger partial charge in [0.15, 0.2) is 0 Å². The van der Waals surface area contributed by atoms with Gasteiger partial charge in [0.25, 0.3) is 0 Å². The Morgan fingerprint density at radius 2 is 2.17 bits per heavy atom. The molecule has 1 heterocycles. The molecule has 1 rings (SSSR count). The Hall–Kier alpha value is -0.0800. The maximum Gasteiger partial charge on any atom is 0.0568 e. The number of unbranched alkanes of at least 4 members (excludes halogenated alkanes) is 1. The van der Waals surface area contributed by atoms with Crippen molar-refractivity contribution in [1.29, 1.82) is 0 Å². The Morgan fingerprint density at radius 1 is 1.42 bits per heavy atom. The molecule has 0 spiro atoms. The van der Waals surface area contributed by atoms with E-state index in [1.165, 1.54) is 32.5 Å². The van der Waals surface area contributed by atoms with Crippen molar-refractivity contribution >= 4 is 0 Å². The fourth-order valence-corrected chi connectivity index (χ4v) is 1.77. The van der Waals surface area contributed by atoms with Gasteiger partial charge in [-0.1, -0.05) is 20.3 Å². The predicted molar refractivity (Wildman–Crippen MR) is 53.1 cm³/mol. The first kappa shape index (κ1) is 10.0. The first-order chi connectivity index (χ1) is 5.74. The molecule has 1 aliphatic heterocycles. The van der Waals surface area contributed by atoms with Gasteiger partial charge in [-0.25, -0.2) is 0 Å². The van der Waals surface area contributed by atoms with Crippen LogP contribution in [0.15, 0.2) is 0 Å². The Bertz CT molecular complexity index is 125. The lowest BCUT2D eigenvalue weighted by molar-refractivity contribution is 0.110. The summed E-state index contributed by atoms with van der Waals surface area (Å²) in [4.78, 5) is 2.55. The van der Waals surface area contributed by atoms with E-state index in [4.69, 9.17) is 0 Å². The largest absolute Gasteiger partial charge is 0.302 e. The van der Waals surface area contributed by atoms with Gasteiger partial charge in [0.05, 0.1) is 6.17 Å². The second-order valence-corrected chi connectivity index (χ2v) is 4.04. The Labute approximate surface area is 76.3 Å². The average molecular weight is 170 g/mol. The third-order valence-electron chi connectivity index (χ3n) is 2.65. The van der Waals surface area contributed by atoms with Gasteiger partial charge in [-0.3, -0.25) is 4.90 Å². The fraction of sp³-hybridized carbons (Fsp3) is 1.00. The first-order valence-electron chi connectivity index (χ1n) is 5.21. The molecule has 0 aromatic carbocycles. The second-order valence-electron chi connectivity index (χ2n) is 4.04. The molecule has 0 radical (unpaired) electrons. The van der Waals surface area contributed by atoms with Crippen LogP contribution in [-0.2, 0) is 0 Å². The standard InChI is InChI=1S/C10H22N2/c1-4-5-6-12-8-9(2)7-11-10(12)3/h9-11H,4-8H2,1-3H3. The minimum absolute atomic E-state index is 0.591. The van der Waals surface area contributed by atoms with E-state index in [2.05, 4.69) is 31.0 Å². The average Bonchev–Trinajstić information content (AvgIpc) is 2.07. The molecule has 2 atom stereocenters. The summed E-state index contributed by atoms with van der Waals surface area (Å²) < 4.78 is 0. The van der Waals surface area contributed by atoms with E-state index in [1.54, 1.807) is 0 Å². The SMILES string of the molecule is CCCCN1CC(C)CNC1C. The lowest BCUT2D eigenvalue weighted by atomic mass is 10.1. The van der Waals surface area contributed by atoms with Crippen molar-refractivity contribution in [2.45, 2.75) is 39.8 Å². The third kappa shape index (κ3) is 2.76. The summed E-state index contributed by atoms with van der Waals surface area (Å²) in [6.45, 7) is 10.6. The molecule has 2 unspecified atom stereocenters. The highest BCUT2D eigenvalue weighted by Gasteiger charge is 2.20. The molecular formula is C10H22N2. The summed E-state index contributed by atoms with van der Waals surface area (Å²) in [5.41, 5.74) is 0. The van der Waals surface area contributed by atoms with Crippen molar-refractivity contribution in [2.24, 2.45) is 5.92 Å². The van der Waals surface area contributed by atoms with Crippen LogP contribution in [0.3, 0.4) is 0 Å². The molecule has 1 fully saturated rings. The van der Waals surface area contributed by atoms with E-state index in [0.717, 1.165) is 5.92 Å². The first-order valence-corrected chi connectivity index (χ1v) is 5.21.